The van der Waals surface area contributed by atoms with Crippen LogP contribution in [-0.2, 0) is 6.54 Å². The van der Waals surface area contributed by atoms with E-state index in [1.807, 2.05) is 13.1 Å². The third-order valence-electron chi connectivity index (χ3n) is 2.56. The van der Waals surface area contributed by atoms with Crippen molar-refractivity contribution in [3.63, 3.8) is 0 Å². The van der Waals surface area contributed by atoms with Gasteiger partial charge in [0.2, 0.25) is 0 Å². The predicted molar refractivity (Wildman–Crippen MR) is 56.1 cm³/mol. The molecule has 1 aromatic rings. The monoisotopic (exact) mass is 194 g/mol. The average molecular weight is 194 g/mol. The van der Waals surface area contributed by atoms with Crippen LogP contribution in [0, 0.1) is 6.92 Å². The minimum absolute atomic E-state index is 0.812. The molecule has 4 heteroatoms. The summed E-state index contributed by atoms with van der Waals surface area (Å²) in [5.41, 5.74) is 2.42. The van der Waals surface area contributed by atoms with E-state index in [1.165, 1.54) is 18.4 Å². The van der Waals surface area contributed by atoms with Crippen molar-refractivity contribution < 1.29 is 0 Å². The van der Waals surface area contributed by atoms with Gasteiger partial charge in [0, 0.05) is 36.9 Å². The molecule has 1 aliphatic carbocycles. The number of aryl methyl sites for hydroxylation is 1. The molecule has 0 amide bonds. The van der Waals surface area contributed by atoms with Crippen molar-refractivity contribution in [3.8, 4) is 0 Å². The summed E-state index contributed by atoms with van der Waals surface area (Å²) >= 11 is 0. The van der Waals surface area contributed by atoms with Gasteiger partial charge in [-0.2, -0.15) is 5.10 Å². The molecule has 0 aliphatic heterocycles. The van der Waals surface area contributed by atoms with Gasteiger partial charge in [0.15, 0.2) is 0 Å². The van der Waals surface area contributed by atoms with E-state index >= 15 is 0 Å². The standard InChI is InChI=1S/C10H18N4/c1-8-9(7-13-14-8)6-11-4-5-12-10-2-3-10/h7,10-12H,2-6H2,1H3,(H,13,14). The van der Waals surface area contributed by atoms with Crippen molar-refractivity contribution in [2.24, 2.45) is 0 Å². The Morgan fingerprint density at radius 2 is 2.36 bits per heavy atom. The Bertz CT molecular complexity index is 277. The Labute approximate surface area is 84.5 Å². The third kappa shape index (κ3) is 2.82. The molecule has 1 aromatic heterocycles. The van der Waals surface area contributed by atoms with Crippen molar-refractivity contribution in [2.45, 2.75) is 32.4 Å². The van der Waals surface area contributed by atoms with Crippen LogP contribution in [0.2, 0.25) is 0 Å². The van der Waals surface area contributed by atoms with Gasteiger partial charge in [0.1, 0.15) is 0 Å². The summed E-state index contributed by atoms with van der Waals surface area (Å²) in [5, 5.41) is 13.8. The van der Waals surface area contributed by atoms with Gasteiger partial charge >= 0.3 is 0 Å². The second-order valence-electron chi connectivity index (χ2n) is 3.93. The summed E-state index contributed by atoms with van der Waals surface area (Å²) in [5.74, 6) is 0. The topological polar surface area (TPSA) is 52.7 Å². The van der Waals surface area contributed by atoms with E-state index < -0.39 is 0 Å². The second-order valence-corrected chi connectivity index (χ2v) is 3.93. The number of hydrogen-bond acceptors (Lipinski definition) is 3. The smallest absolute Gasteiger partial charge is 0.0535 e. The van der Waals surface area contributed by atoms with Gasteiger partial charge in [-0.1, -0.05) is 0 Å². The molecule has 14 heavy (non-hydrogen) atoms. The fourth-order valence-electron chi connectivity index (χ4n) is 1.43. The lowest BCUT2D eigenvalue weighted by atomic mass is 10.2. The summed E-state index contributed by atoms with van der Waals surface area (Å²) in [6.45, 7) is 5.06. The fourth-order valence-corrected chi connectivity index (χ4v) is 1.43. The lowest BCUT2D eigenvalue weighted by molar-refractivity contribution is 0.608. The zero-order valence-electron chi connectivity index (χ0n) is 8.64. The summed E-state index contributed by atoms with van der Waals surface area (Å²) in [6, 6.07) is 0.812. The molecular formula is C10H18N4. The van der Waals surface area contributed by atoms with Crippen molar-refractivity contribution in [2.75, 3.05) is 13.1 Å². The Morgan fingerprint density at radius 3 is 3.00 bits per heavy atom. The maximum absolute atomic E-state index is 3.98. The number of aromatic nitrogens is 2. The van der Waals surface area contributed by atoms with Crippen LogP contribution in [0.1, 0.15) is 24.1 Å². The largest absolute Gasteiger partial charge is 0.313 e. The normalized spacial score (nSPS) is 16.1. The zero-order chi connectivity index (χ0) is 9.80. The number of hydrogen-bond donors (Lipinski definition) is 3. The number of nitrogens with zero attached hydrogens (tertiary/aromatic N) is 1. The quantitative estimate of drug-likeness (QED) is 0.580. The van der Waals surface area contributed by atoms with Crippen LogP contribution in [0.15, 0.2) is 6.20 Å². The molecule has 0 radical (unpaired) electrons. The molecule has 0 atom stereocenters. The highest BCUT2D eigenvalue weighted by Gasteiger charge is 2.19. The molecule has 0 saturated heterocycles. The molecule has 0 aromatic carbocycles. The minimum atomic E-state index is 0.812. The summed E-state index contributed by atoms with van der Waals surface area (Å²) in [6.07, 6.45) is 4.61. The zero-order valence-corrected chi connectivity index (χ0v) is 8.64. The van der Waals surface area contributed by atoms with Crippen molar-refractivity contribution in [1.29, 1.82) is 0 Å². The first-order chi connectivity index (χ1) is 6.86. The van der Waals surface area contributed by atoms with Gasteiger partial charge in [-0.3, -0.25) is 5.10 Å². The van der Waals surface area contributed by atoms with E-state index in [4.69, 9.17) is 0 Å². The molecule has 1 fully saturated rings. The molecule has 0 bridgehead atoms. The molecule has 0 unspecified atom stereocenters. The van der Waals surface area contributed by atoms with Crippen molar-refractivity contribution in [3.05, 3.63) is 17.5 Å². The Balaban J connectivity index is 1.56. The average Bonchev–Trinajstić information content (AvgIpc) is 2.91. The number of aromatic amines is 1. The SMILES string of the molecule is Cc1[nH]ncc1CNCCNC1CC1. The first-order valence-electron chi connectivity index (χ1n) is 5.29. The Hall–Kier alpha value is -0.870. The Kier molecular flexibility index (Phi) is 3.16. The molecule has 0 spiro atoms. The minimum Gasteiger partial charge on any atom is -0.313 e. The molecule has 2 rings (SSSR count). The highest BCUT2D eigenvalue weighted by molar-refractivity contribution is 5.13. The number of H-pyrrole nitrogens is 1. The molecule has 3 N–H and O–H groups in total. The first-order valence-corrected chi connectivity index (χ1v) is 5.29. The predicted octanol–water partition coefficient (Wildman–Crippen LogP) is 0.560. The number of rotatable bonds is 6. The van der Waals surface area contributed by atoms with E-state index in [2.05, 4.69) is 20.8 Å². The molecule has 1 aliphatic rings. The van der Waals surface area contributed by atoms with Gasteiger partial charge in [-0.15, -0.1) is 0 Å². The van der Waals surface area contributed by atoms with Crippen LogP contribution in [0.3, 0.4) is 0 Å². The third-order valence-corrected chi connectivity index (χ3v) is 2.56. The fraction of sp³-hybridized carbons (Fsp3) is 0.700. The lowest BCUT2D eigenvalue weighted by Gasteiger charge is -2.04. The van der Waals surface area contributed by atoms with Gasteiger partial charge in [-0.05, 0) is 19.8 Å². The maximum atomic E-state index is 3.98. The maximum Gasteiger partial charge on any atom is 0.0535 e. The van der Waals surface area contributed by atoms with Crippen LogP contribution >= 0.6 is 0 Å². The van der Waals surface area contributed by atoms with Crippen molar-refractivity contribution in [1.82, 2.24) is 20.8 Å². The molecule has 4 nitrogen and oxygen atoms in total. The Morgan fingerprint density at radius 1 is 1.50 bits per heavy atom. The van der Waals surface area contributed by atoms with E-state index in [-0.39, 0.29) is 0 Å². The van der Waals surface area contributed by atoms with E-state index in [9.17, 15) is 0 Å². The highest BCUT2D eigenvalue weighted by Crippen LogP contribution is 2.17. The van der Waals surface area contributed by atoms with Crippen LogP contribution in [0.25, 0.3) is 0 Å². The molecular weight excluding hydrogens is 176 g/mol. The van der Waals surface area contributed by atoms with Crippen LogP contribution in [-0.4, -0.2) is 29.3 Å². The van der Waals surface area contributed by atoms with Gasteiger partial charge in [0.05, 0.1) is 6.20 Å². The van der Waals surface area contributed by atoms with Gasteiger partial charge in [0.25, 0.3) is 0 Å². The van der Waals surface area contributed by atoms with Gasteiger partial charge in [-0.25, -0.2) is 0 Å². The summed E-state index contributed by atoms with van der Waals surface area (Å²) in [4.78, 5) is 0. The molecule has 1 saturated carbocycles. The van der Waals surface area contributed by atoms with Gasteiger partial charge < -0.3 is 10.6 Å². The van der Waals surface area contributed by atoms with E-state index in [0.29, 0.717) is 0 Å². The van der Waals surface area contributed by atoms with Crippen LogP contribution in [0.5, 0.6) is 0 Å². The lowest BCUT2D eigenvalue weighted by Crippen LogP contribution is -2.28. The van der Waals surface area contributed by atoms with E-state index in [0.717, 1.165) is 31.4 Å². The highest BCUT2D eigenvalue weighted by atomic mass is 15.1. The summed E-state index contributed by atoms with van der Waals surface area (Å²) < 4.78 is 0. The molecule has 78 valence electrons. The van der Waals surface area contributed by atoms with E-state index in [1.54, 1.807) is 0 Å². The summed E-state index contributed by atoms with van der Waals surface area (Å²) in [7, 11) is 0. The second kappa shape index (κ2) is 4.57. The number of nitrogens with one attached hydrogen (secondary N) is 3. The van der Waals surface area contributed by atoms with Crippen LogP contribution in [0.4, 0.5) is 0 Å². The van der Waals surface area contributed by atoms with Crippen LogP contribution < -0.4 is 10.6 Å². The first kappa shape index (κ1) is 9.68. The van der Waals surface area contributed by atoms with Crippen molar-refractivity contribution >= 4 is 0 Å². The molecule has 1 heterocycles.